The molecule has 2 aliphatic rings. The van der Waals surface area contributed by atoms with E-state index in [1.165, 1.54) is 16.7 Å². The van der Waals surface area contributed by atoms with Gasteiger partial charge in [-0.05, 0) is 85.3 Å². The highest BCUT2D eigenvalue weighted by Gasteiger charge is 2.32. The molecule has 4 rings (SSSR count). The number of rotatable bonds is 5. The number of hydrogen-bond donors (Lipinski definition) is 2. The van der Waals surface area contributed by atoms with Crippen LogP contribution in [0.1, 0.15) is 54.4 Å². The summed E-state index contributed by atoms with van der Waals surface area (Å²) in [5.74, 6) is 0.626. The molecule has 5 nitrogen and oxygen atoms in total. The molecule has 0 aliphatic heterocycles. The standard InChI is InChI=1S/C23H29N3O2S/c24-23(25)26-12-11-16-5-8-21(9-6-16)29(27,28)22-10-7-19-13-17-3-1-2-4-18(17)14-20(19)15-22/h1-4,7,10,15-16,21H,5-6,8-9,11-14H2,(H4,24,25,26). The predicted molar refractivity (Wildman–Crippen MR) is 117 cm³/mol. The molecule has 0 aromatic heterocycles. The molecule has 0 spiro atoms. The van der Waals surface area contributed by atoms with Gasteiger partial charge >= 0.3 is 0 Å². The fourth-order valence-electron chi connectivity index (χ4n) is 4.73. The van der Waals surface area contributed by atoms with Gasteiger partial charge in [-0.1, -0.05) is 30.3 Å². The van der Waals surface area contributed by atoms with Gasteiger partial charge in [0.15, 0.2) is 15.8 Å². The van der Waals surface area contributed by atoms with Crippen LogP contribution in [0, 0.1) is 5.92 Å². The van der Waals surface area contributed by atoms with Crippen molar-refractivity contribution < 1.29 is 8.42 Å². The van der Waals surface area contributed by atoms with Crippen molar-refractivity contribution in [3.63, 3.8) is 0 Å². The number of nitrogens with zero attached hydrogens (tertiary/aromatic N) is 1. The third-order valence-corrected chi connectivity index (χ3v) is 8.71. The van der Waals surface area contributed by atoms with Crippen LogP contribution in [0.5, 0.6) is 0 Å². The van der Waals surface area contributed by atoms with Crippen molar-refractivity contribution in [2.45, 2.75) is 55.1 Å². The van der Waals surface area contributed by atoms with Gasteiger partial charge in [0, 0.05) is 6.54 Å². The number of hydrogen-bond acceptors (Lipinski definition) is 3. The Balaban J connectivity index is 1.45. The molecule has 154 valence electrons. The molecule has 0 atom stereocenters. The first kappa shape index (κ1) is 20.0. The van der Waals surface area contributed by atoms with Crippen LogP contribution in [0.3, 0.4) is 0 Å². The van der Waals surface area contributed by atoms with Crippen molar-refractivity contribution in [3.8, 4) is 0 Å². The molecule has 0 saturated heterocycles. The van der Waals surface area contributed by atoms with Crippen LogP contribution in [0.4, 0.5) is 0 Å². The lowest BCUT2D eigenvalue weighted by molar-refractivity contribution is 0.342. The summed E-state index contributed by atoms with van der Waals surface area (Å²) < 4.78 is 26.5. The quantitative estimate of drug-likeness (QED) is 0.497. The van der Waals surface area contributed by atoms with E-state index in [0.29, 0.717) is 17.4 Å². The number of aliphatic imine (C=N–C) groups is 1. The zero-order chi connectivity index (χ0) is 20.4. The number of nitrogens with two attached hydrogens (primary N) is 2. The largest absolute Gasteiger partial charge is 0.370 e. The monoisotopic (exact) mass is 411 g/mol. The molecule has 1 fully saturated rings. The van der Waals surface area contributed by atoms with E-state index in [1.807, 2.05) is 18.2 Å². The first-order valence-electron chi connectivity index (χ1n) is 10.4. The van der Waals surface area contributed by atoms with Gasteiger partial charge in [0.2, 0.25) is 0 Å². The van der Waals surface area contributed by atoms with Crippen molar-refractivity contribution in [3.05, 3.63) is 64.7 Å². The van der Waals surface area contributed by atoms with E-state index >= 15 is 0 Å². The summed E-state index contributed by atoms with van der Waals surface area (Å²) in [6, 6.07) is 14.2. The van der Waals surface area contributed by atoms with Gasteiger partial charge in [0.1, 0.15) is 0 Å². The lowest BCUT2D eigenvalue weighted by atomic mass is 9.86. The average Bonchev–Trinajstić information content (AvgIpc) is 2.72. The molecule has 2 aromatic carbocycles. The van der Waals surface area contributed by atoms with Crippen molar-refractivity contribution in [2.24, 2.45) is 22.4 Å². The second-order valence-corrected chi connectivity index (χ2v) is 10.6. The zero-order valence-electron chi connectivity index (χ0n) is 16.7. The third-order valence-electron chi connectivity index (χ3n) is 6.45. The molecule has 0 amide bonds. The fraction of sp³-hybridized carbons (Fsp3) is 0.435. The van der Waals surface area contributed by atoms with Gasteiger partial charge in [-0.2, -0.15) is 0 Å². The molecule has 0 bridgehead atoms. The summed E-state index contributed by atoms with van der Waals surface area (Å²) in [5, 5.41) is -0.282. The van der Waals surface area contributed by atoms with Crippen molar-refractivity contribution in [1.29, 1.82) is 0 Å². The van der Waals surface area contributed by atoms with E-state index in [2.05, 4.69) is 29.3 Å². The summed E-state index contributed by atoms with van der Waals surface area (Å²) in [6.45, 7) is 0.622. The molecule has 2 aromatic rings. The maximum atomic E-state index is 13.3. The lowest BCUT2D eigenvalue weighted by Gasteiger charge is -2.28. The lowest BCUT2D eigenvalue weighted by Crippen LogP contribution is -2.28. The summed E-state index contributed by atoms with van der Waals surface area (Å²) in [4.78, 5) is 4.53. The van der Waals surface area contributed by atoms with Crippen LogP contribution >= 0.6 is 0 Å². The van der Waals surface area contributed by atoms with Gasteiger partial charge in [0.25, 0.3) is 0 Å². The topological polar surface area (TPSA) is 98.5 Å². The Hall–Kier alpha value is -2.34. The summed E-state index contributed by atoms with van der Waals surface area (Å²) in [5.41, 5.74) is 15.8. The Kier molecular flexibility index (Phi) is 5.63. The first-order chi connectivity index (χ1) is 13.9. The minimum atomic E-state index is -3.30. The zero-order valence-corrected chi connectivity index (χ0v) is 17.5. The van der Waals surface area contributed by atoms with Crippen LogP contribution in [-0.2, 0) is 22.7 Å². The maximum absolute atomic E-state index is 13.3. The minimum Gasteiger partial charge on any atom is -0.370 e. The Morgan fingerprint density at radius 1 is 0.897 bits per heavy atom. The molecule has 6 heteroatoms. The molecular formula is C23H29N3O2S. The third kappa shape index (κ3) is 4.32. The van der Waals surface area contributed by atoms with Crippen LogP contribution < -0.4 is 11.5 Å². The Morgan fingerprint density at radius 2 is 1.52 bits per heavy atom. The van der Waals surface area contributed by atoms with E-state index in [9.17, 15) is 8.42 Å². The molecule has 29 heavy (non-hydrogen) atoms. The van der Waals surface area contributed by atoms with E-state index in [-0.39, 0.29) is 11.2 Å². The Bertz CT molecular complexity index is 1020. The van der Waals surface area contributed by atoms with Gasteiger partial charge in [-0.3, -0.25) is 4.99 Å². The number of sulfone groups is 1. The van der Waals surface area contributed by atoms with Crippen molar-refractivity contribution in [2.75, 3.05) is 6.54 Å². The maximum Gasteiger partial charge on any atom is 0.185 e. The fourth-order valence-corrected chi connectivity index (χ4v) is 6.57. The highest BCUT2D eigenvalue weighted by molar-refractivity contribution is 7.92. The second-order valence-electron chi connectivity index (χ2n) is 8.34. The minimum absolute atomic E-state index is 0.122. The van der Waals surface area contributed by atoms with Gasteiger partial charge in [-0.15, -0.1) is 0 Å². The SMILES string of the molecule is NC(N)=NCCC1CCC(S(=O)(=O)c2ccc3c(c2)Cc2ccccc2C3)CC1. The van der Waals surface area contributed by atoms with Crippen molar-refractivity contribution in [1.82, 2.24) is 0 Å². The molecule has 1 saturated carbocycles. The van der Waals surface area contributed by atoms with Crippen LogP contribution in [-0.4, -0.2) is 26.2 Å². The molecule has 0 heterocycles. The summed E-state index contributed by atoms with van der Waals surface area (Å²) in [6.07, 6.45) is 5.88. The number of fused-ring (bicyclic) bond motifs is 2. The molecule has 0 unspecified atom stereocenters. The van der Waals surface area contributed by atoms with E-state index in [4.69, 9.17) is 11.5 Å². The second kappa shape index (κ2) is 8.19. The predicted octanol–water partition coefficient (Wildman–Crippen LogP) is 3.18. The van der Waals surface area contributed by atoms with E-state index < -0.39 is 9.84 Å². The average molecular weight is 412 g/mol. The van der Waals surface area contributed by atoms with E-state index in [1.54, 1.807) is 0 Å². The Labute approximate surface area is 173 Å². The number of guanidine groups is 1. The van der Waals surface area contributed by atoms with Gasteiger partial charge < -0.3 is 11.5 Å². The smallest absolute Gasteiger partial charge is 0.185 e. The highest BCUT2D eigenvalue weighted by Crippen LogP contribution is 2.35. The summed E-state index contributed by atoms with van der Waals surface area (Å²) in [7, 11) is -3.30. The molecular weight excluding hydrogens is 382 g/mol. The van der Waals surface area contributed by atoms with Crippen LogP contribution in [0.2, 0.25) is 0 Å². The van der Waals surface area contributed by atoms with Gasteiger partial charge in [-0.25, -0.2) is 8.42 Å². The number of benzene rings is 2. The molecule has 4 N–H and O–H groups in total. The van der Waals surface area contributed by atoms with Crippen LogP contribution in [0.25, 0.3) is 0 Å². The first-order valence-corrected chi connectivity index (χ1v) is 12.0. The van der Waals surface area contributed by atoms with Gasteiger partial charge in [0.05, 0.1) is 10.1 Å². The molecule has 0 radical (unpaired) electrons. The van der Waals surface area contributed by atoms with Crippen molar-refractivity contribution >= 4 is 15.8 Å². The summed E-state index contributed by atoms with van der Waals surface area (Å²) >= 11 is 0. The highest BCUT2D eigenvalue weighted by atomic mass is 32.2. The normalized spacial score (nSPS) is 21.1. The van der Waals surface area contributed by atoms with Crippen LogP contribution in [0.15, 0.2) is 52.4 Å². The Morgan fingerprint density at radius 3 is 2.17 bits per heavy atom. The van der Waals surface area contributed by atoms with E-state index in [0.717, 1.165) is 50.5 Å². The molecule has 2 aliphatic carbocycles.